The normalized spacial score (nSPS) is 17.7. The Morgan fingerprint density at radius 2 is 1.91 bits per heavy atom. The van der Waals surface area contributed by atoms with Crippen molar-refractivity contribution in [1.82, 2.24) is 9.62 Å². The van der Waals surface area contributed by atoms with E-state index in [0.29, 0.717) is 13.1 Å². The number of hydrogen-bond acceptors (Lipinski definition) is 7. The molecule has 13 heteroatoms. The number of hydrogen-bond donors (Lipinski definition) is 3. The van der Waals surface area contributed by atoms with Crippen LogP contribution in [0.2, 0.25) is 0 Å². The first kappa shape index (κ1) is 27.5. The molecule has 0 radical (unpaired) electrons. The van der Waals surface area contributed by atoms with Gasteiger partial charge in [0.25, 0.3) is 27.0 Å². The van der Waals surface area contributed by atoms with Gasteiger partial charge in [-0.15, -0.1) is 20.1 Å². The number of nitrogens with zero attached hydrogens (tertiary/aromatic N) is 3. The van der Waals surface area contributed by atoms with Crippen LogP contribution in [0.4, 0.5) is 5.69 Å². The highest BCUT2D eigenvalue weighted by molar-refractivity contribution is 7.91. The second-order valence-corrected chi connectivity index (χ2v) is 13.4. The van der Waals surface area contributed by atoms with Gasteiger partial charge in [0, 0.05) is 13.1 Å². The summed E-state index contributed by atoms with van der Waals surface area (Å²) >= 11 is -0.901. The van der Waals surface area contributed by atoms with Crippen molar-refractivity contribution in [2.24, 2.45) is 14.7 Å². The largest absolute Gasteiger partial charge is 0.501 e. The molecule has 0 saturated carbocycles. The first-order valence-corrected chi connectivity index (χ1v) is 14.8. The number of rotatable bonds is 8. The zero-order valence-corrected chi connectivity index (χ0v) is 23.5. The molecule has 2 aromatic heterocycles. The number of quaternary nitrogens is 1. The van der Waals surface area contributed by atoms with Gasteiger partial charge >= 0.3 is 0 Å². The molecule has 1 aliphatic rings. The van der Waals surface area contributed by atoms with Gasteiger partial charge in [-0.3, -0.25) is 5.32 Å². The van der Waals surface area contributed by atoms with E-state index in [1.54, 1.807) is 20.1 Å². The van der Waals surface area contributed by atoms with Gasteiger partial charge in [-0.1, -0.05) is 48.5 Å². The van der Waals surface area contributed by atoms with Crippen molar-refractivity contribution in [3.05, 3.63) is 29.0 Å². The lowest BCUT2D eigenvalue weighted by atomic mass is 9.88. The third-order valence-electron chi connectivity index (χ3n) is 5.67. The van der Waals surface area contributed by atoms with E-state index in [1.165, 1.54) is 15.0 Å². The Morgan fingerprint density at radius 3 is 2.46 bits per heavy atom. The summed E-state index contributed by atoms with van der Waals surface area (Å²) in [5.74, 6) is 1.01. The van der Waals surface area contributed by atoms with Crippen LogP contribution in [0.25, 0.3) is 0 Å². The third-order valence-corrected chi connectivity index (χ3v) is 9.92. The fourth-order valence-corrected chi connectivity index (χ4v) is 7.07. The summed E-state index contributed by atoms with van der Waals surface area (Å²) in [6.07, 6.45) is 1.74. The van der Waals surface area contributed by atoms with E-state index in [-0.39, 0.29) is 44.7 Å². The molecule has 2 aromatic rings. The number of sulfonamides is 1. The molecule has 0 saturated heterocycles. The van der Waals surface area contributed by atoms with Gasteiger partial charge in [0.05, 0.1) is 17.7 Å². The minimum Gasteiger partial charge on any atom is -0.501 e. The summed E-state index contributed by atoms with van der Waals surface area (Å²) < 4.78 is 53.1. The smallest absolute Gasteiger partial charge is 0.284 e. The molecular formula is C22H34N5O5S3+. The maximum Gasteiger partial charge on any atom is 0.284 e. The van der Waals surface area contributed by atoms with E-state index < -0.39 is 21.2 Å². The second-order valence-electron chi connectivity index (χ2n) is 9.56. The number of aromatic hydroxyl groups is 1. The molecule has 0 aliphatic carbocycles. The Balaban J connectivity index is 1.85. The molecule has 4 N–H and O–H groups in total. The Bertz CT molecular complexity index is 1250. The predicted octanol–water partition coefficient (Wildman–Crippen LogP) is 2.95. The molecule has 194 valence electrons. The van der Waals surface area contributed by atoms with E-state index in [4.69, 9.17) is 4.42 Å². The van der Waals surface area contributed by atoms with Crippen LogP contribution < -0.4 is 10.6 Å². The maximum absolute atomic E-state index is 12.9. The van der Waals surface area contributed by atoms with Crippen LogP contribution in [0, 0.1) is 5.92 Å². The van der Waals surface area contributed by atoms with Crippen LogP contribution in [0.5, 0.6) is 5.75 Å². The van der Waals surface area contributed by atoms with Crippen LogP contribution in [-0.4, -0.2) is 46.8 Å². The lowest BCUT2D eigenvalue weighted by Crippen LogP contribution is -2.85. The first-order valence-electron chi connectivity index (χ1n) is 11.4. The highest BCUT2D eigenvalue weighted by Crippen LogP contribution is 2.37. The monoisotopic (exact) mass is 544 g/mol. The fourth-order valence-electron chi connectivity index (χ4n) is 3.55. The number of furan rings is 1. The summed E-state index contributed by atoms with van der Waals surface area (Å²) in [6.45, 7) is 14.4. The Hall–Kier alpha value is -2.06. The van der Waals surface area contributed by atoms with Crippen LogP contribution in [0.3, 0.4) is 0 Å². The molecule has 35 heavy (non-hydrogen) atoms. The standard InChI is InChI=1S/C22H33N5O5S3/c1-8-27(9-2)35(30,31)21-18(28)15(12-33-21)23-19-20(26-34(29)25-19)24-17(13(3)4)16-10-14(11-32-16)22(5,6)7/h10-13,17,28H,8-9H2,1-7H3,(H,23,25)(H,24,26)/p+1. The molecule has 0 amide bonds. The molecule has 0 bridgehead atoms. The summed E-state index contributed by atoms with van der Waals surface area (Å²) in [5, 5.41) is 17.0. The molecule has 2 unspecified atom stereocenters. The molecule has 3 rings (SSSR count). The minimum absolute atomic E-state index is 0.0737. The van der Waals surface area contributed by atoms with Crippen molar-refractivity contribution in [1.29, 1.82) is 0 Å². The molecule has 0 fully saturated rings. The van der Waals surface area contributed by atoms with Gasteiger partial charge in [0.1, 0.15) is 5.76 Å². The van der Waals surface area contributed by atoms with E-state index in [9.17, 15) is 17.7 Å². The number of nitrogens with two attached hydrogens (primary N) is 1. The van der Waals surface area contributed by atoms with Crippen molar-refractivity contribution in [3.8, 4) is 5.75 Å². The van der Waals surface area contributed by atoms with Gasteiger partial charge in [0.15, 0.2) is 9.90 Å². The average molecular weight is 545 g/mol. The maximum atomic E-state index is 12.9. The minimum atomic E-state index is -3.82. The third kappa shape index (κ3) is 5.85. The van der Waals surface area contributed by atoms with E-state index in [2.05, 4.69) is 34.9 Å². The first-order chi connectivity index (χ1) is 16.3. The summed E-state index contributed by atoms with van der Waals surface area (Å²) in [5.41, 5.74) is 1.25. The average Bonchev–Trinajstić information content (AvgIpc) is 3.46. The van der Waals surface area contributed by atoms with E-state index in [1.807, 2.05) is 19.9 Å². The highest BCUT2D eigenvalue weighted by atomic mass is 32.2. The van der Waals surface area contributed by atoms with E-state index in [0.717, 1.165) is 22.7 Å². The molecular weight excluding hydrogens is 510 g/mol. The second kappa shape index (κ2) is 10.5. The fraction of sp³-hybridized carbons (Fsp3) is 0.545. The van der Waals surface area contributed by atoms with Crippen LogP contribution in [0.15, 0.2) is 35.1 Å². The topological polar surface area (TPSA) is 141 Å². The van der Waals surface area contributed by atoms with Gasteiger partial charge in [0.2, 0.25) is 11.6 Å². The van der Waals surface area contributed by atoms with Crippen molar-refractivity contribution >= 4 is 49.9 Å². The quantitative estimate of drug-likeness (QED) is 0.467. The SMILES string of the molecule is CCN(CC)S(=O)(=O)c1scc([NH2+]C2=NS(=O)N=C2NC(c2cc(C(C)(C)C)co2)C(C)C)c1O. The highest BCUT2D eigenvalue weighted by Gasteiger charge is 2.34. The van der Waals surface area contributed by atoms with Crippen molar-refractivity contribution < 1.29 is 27.5 Å². The Kier molecular flexibility index (Phi) is 8.26. The predicted molar refractivity (Wildman–Crippen MR) is 139 cm³/mol. The molecule has 1 aliphatic heterocycles. The van der Waals surface area contributed by atoms with E-state index >= 15 is 0 Å². The lowest BCUT2D eigenvalue weighted by Gasteiger charge is -2.21. The number of amidine groups is 2. The summed E-state index contributed by atoms with van der Waals surface area (Å²) in [4.78, 5) is 0. The Morgan fingerprint density at radius 1 is 1.26 bits per heavy atom. The summed E-state index contributed by atoms with van der Waals surface area (Å²) in [6, 6.07) is 1.73. The number of thiophene rings is 1. The van der Waals surface area contributed by atoms with Gasteiger partial charge in [-0.2, -0.15) is 4.31 Å². The van der Waals surface area contributed by atoms with Crippen LogP contribution in [-0.2, 0) is 26.6 Å². The molecule has 10 nitrogen and oxygen atoms in total. The van der Waals surface area contributed by atoms with Crippen molar-refractivity contribution in [2.75, 3.05) is 13.1 Å². The molecule has 0 spiro atoms. The number of nitrogens with one attached hydrogen (secondary N) is 1. The van der Waals surface area contributed by atoms with Gasteiger partial charge in [-0.25, -0.2) is 12.6 Å². The zero-order chi connectivity index (χ0) is 26.1. The van der Waals surface area contributed by atoms with Gasteiger partial charge < -0.3 is 14.8 Å². The molecule has 2 atom stereocenters. The summed E-state index contributed by atoms with van der Waals surface area (Å²) in [7, 11) is -3.82. The lowest BCUT2D eigenvalue weighted by molar-refractivity contribution is -0.440. The van der Waals surface area contributed by atoms with Crippen LogP contribution >= 0.6 is 11.3 Å². The van der Waals surface area contributed by atoms with Crippen molar-refractivity contribution in [2.45, 2.75) is 64.1 Å². The Labute approximate surface area is 213 Å². The molecule has 0 aromatic carbocycles. The molecule has 3 heterocycles. The van der Waals surface area contributed by atoms with Crippen LogP contribution in [0.1, 0.15) is 65.8 Å². The zero-order valence-electron chi connectivity index (χ0n) is 21.0. The van der Waals surface area contributed by atoms with Gasteiger partial charge in [-0.05, 0) is 23.0 Å². The van der Waals surface area contributed by atoms with Crippen molar-refractivity contribution in [3.63, 3.8) is 0 Å².